The molecule has 144 valence electrons. The van der Waals surface area contributed by atoms with Gasteiger partial charge in [-0.3, -0.25) is 0 Å². The molecule has 1 aliphatic carbocycles. The number of hydrogen-bond acceptors (Lipinski definition) is 4. The number of guanidine groups is 1. The molecule has 2 N–H and O–H groups in total. The third-order valence-electron chi connectivity index (χ3n) is 5.60. The van der Waals surface area contributed by atoms with Gasteiger partial charge in [-0.05, 0) is 29.9 Å². The number of nitrogens with two attached hydrogens (primary N) is 1. The first-order valence-electron chi connectivity index (χ1n) is 9.30. The van der Waals surface area contributed by atoms with E-state index in [9.17, 15) is 0 Å². The van der Waals surface area contributed by atoms with E-state index in [1.807, 2.05) is 6.07 Å². The molecule has 0 spiro atoms. The summed E-state index contributed by atoms with van der Waals surface area (Å²) in [4.78, 5) is 17.8. The molecule has 1 aliphatic heterocycles. The van der Waals surface area contributed by atoms with Gasteiger partial charge in [-0.2, -0.15) is 0 Å². The molecule has 27 heavy (non-hydrogen) atoms. The largest absolute Gasteiger partial charge is 0.370 e. The van der Waals surface area contributed by atoms with Crippen LogP contribution in [0.1, 0.15) is 25.3 Å². The number of hydrogen-bond donors (Lipinski definition) is 1. The van der Waals surface area contributed by atoms with Crippen molar-refractivity contribution in [3.63, 3.8) is 0 Å². The highest BCUT2D eigenvalue weighted by Gasteiger charge is 2.41. The second kappa shape index (κ2) is 8.41. The number of halogens is 1. The molecule has 6 nitrogen and oxygen atoms in total. The van der Waals surface area contributed by atoms with Crippen molar-refractivity contribution in [3.8, 4) is 0 Å². The van der Waals surface area contributed by atoms with E-state index in [0.717, 1.165) is 45.0 Å². The quantitative estimate of drug-likeness (QED) is 0.418. The van der Waals surface area contributed by atoms with Crippen LogP contribution in [0.3, 0.4) is 0 Å². The Morgan fingerprint density at radius 2 is 1.67 bits per heavy atom. The van der Waals surface area contributed by atoms with Crippen molar-refractivity contribution in [1.29, 1.82) is 0 Å². The molecule has 1 aromatic carbocycles. The molecule has 0 bridgehead atoms. The van der Waals surface area contributed by atoms with Crippen molar-refractivity contribution >= 4 is 35.9 Å². The summed E-state index contributed by atoms with van der Waals surface area (Å²) in [5.74, 6) is 1.47. The van der Waals surface area contributed by atoms with Gasteiger partial charge >= 0.3 is 0 Å². The average Bonchev–Trinajstić information content (AvgIpc) is 2.68. The van der Waals surface area contributed by atoms with Crippen LogP contribution < -0.4 is 10.6 Å². The molecule has 1 saturated carbocycles. The predicted octanol–water partition coefficient (Wildman–Crippen LogP) is 2.65. The van der Waals surface area contributed by atoms with Crippen LogP contribution in [-0.4, -0.2) is 53.0 Å². The summed E-state index contributed by atoms with van der Waals surface area (Å²) in [6.45, 7) is 5.77. The van der Waals surface area contributed by atoms with Gasteiger partial charge < -0.3 is 15.5 Å². The van der Waals surface area contributed by atoms with Crippen LogP contribution in [0.15, 0.2) is 53.8 Å². The van der Waals surface area contributed by atoms with Gasteiger partial charge in [-0.25, -0.2) is 15.0 Å². The topological polar surface area (TPSA) is 70.6 Å². The first kappa shape index (κ1) is 19.9. The first-order chi connectivity index (χ1) is 12.6. The van der Waals surface area contributed by atoms with Crippen molar-refractivity contribution in [2.24, 2.45) is 10.7 Å². The summed E-state index contributed by atoms with van der Waals surface area (Å²) in [7, 11) is 0. The molecule has 2 aliphatic rings. The fourth-order valence-corrected chi connectivity index (χ4v) is 4.01. The van der Waals surface area contributed by atoms with E-state index in [4.69, 9.17) is 10.7 Å². The molecule has 0 amide bonds. The smallest absolute Gasteiger partial charge is 0.225 e. The molecule has 0 unspecified atom stereocenters. The lowest BCUT2D eigenvalue weighted by Crippen LogP contribution is -2.52. The van der Waals surface area contributed by atoms with E-state index >= 15 is 0 Å². The van der Waals surface area contributed by atoms with Crippen molar-refractivity contribution in [2.45, 2.75) is 31.2 Å². The maximum atomic E-state index is 6.30. The highest BCUT2D eigenvalue weighted by molar-refractivity contribution is 14.0. The zero-order valence-corrected chi connectivity index (χ0v) is 18.0. The lowest BCUT2D eigenvalue weighted by molar-refractivity contribution is 0.226. The molecule has 7 heteroatoms. The summed E-state index contributed by atoms with van der Waals surface area (Å²) >= 11 is 0. The van der Waals surface area contributed by atoms with Crippen LogP contribution in [0.5, 0.6) is 0 Å². The minimum Gasteiger partial charge on any atom is -0.370 e. The Morgan fingerprint density at radius 3 is 2.30 bits per heavy atom. The standard InChI is InChI=1S/C20H26N6.HI/c1-20(16-6-3-2-4-7-16)14-17(15-20)24-18(21)25-10-12-26(13-11-25)19-22-8-5-9-23-19;/h2-9,17H,10-15H2,1H3,(H2,21,24);1H. The average molecular weight is 478 g/mol. The Balaban J connectivity index is 0.00000210. The van der Waals surface area contributed by atoms with Gasteiger partial charge in [0, 0.05) is 38.6 Å². The Labute approximate surface area is 177 Å². The Morgan fingerprint density at radius 1 is 1.04 bits per heavy atom. The van der Waals surface area contributed by atoms with Crippen molar-refractivity contribution in [3.05, 3.63) is 54.4 Å². The number of aliphatic imine (C=N–C) groups is 1. The number of piperazine rings is 1. The highest BCUT2D eigenvalue weighted by atomic mass is 127. The molecule has 2 aromatic rings. The van der Waals surface area contributed by atoms with E-state index in [0.29, 0.717) is 12.0 Å². The maximum absolute atomic E-state index is 6.30. The third-order valence-corrected chi connectivity index (χ3v) is 5.60. The Kier molecular flexibility index (Phi) is 6.18. The molecule has 2 heterocycles. The number of aromatic nitrogens is 2. The molecule has 4 rings (SSSR count). The summed E-state index contributed by atoms with van der Waals surface area (Å²) in [5.41, 5.74) is 7.94. The highest BCUT2D eigenvalue weighted by Crippen LogP contribution is 2.44. The first-order valence-corrected chi connectivity index (χ1v) is 9.30. The van der Waals surface area contributed by atoms with E-state index < -0.39 is 0 Å². The predicted molar refractivity (Wildman–Crippen MR) is 120 cm³/mol. The van der Waals surface area contributed by atoms with E-state index in [1.165, 1.54) is 5.56 Å². The Hall–Kier alpha value is -1.90. The van der Waals surface area contributed by atoms with Crippen molar-refractivity contribution < 1.29 is 0 Å². The van der Waals surface area contributed by atoms with E-state index in [2.05, 4.69) is 57.0 Å². The molecular weight excluding hydrogens is 451 g/mol. The molecular formula is C20H27IN6. The number of nitrogens with zero attached hydrogens (tertiary/aromatic N) is 5. The maximum Gasteiger partial charge on any atom is 0.225 e. The molecule has 0 atom stereocenters. The second-order valence-electron chi connectivity index (χ2n) is 7.50. The van der Waals surface area contributed by atoms with Crippen LogP contribution in [0.4, 0.5) is 5.95 Å². The number of benzene rings is 1. The van der Waals surface area contributed by atoms with Gasteiger partial charge in [0.15, 0.2) is 5.96 Å². The van der Waals surface area contributed by atoms with Gasteiger partial charge in [0.2, 0.25) is 5.95 Å². The molecule has 1 saturated heterocycles. The van der Waals surface area contributed by atoms with Crippen LogP contribution in [0, 0.1) is 0 Å². The monoisotopic (exact) mass is 478 g/mol. The third kappa shape index (κ3) is 4.34. The summed E-state index contributed by atoms with van der Waals surface area (Å²) < 4.78 is 0. The van der Waals surface area contributed by atoms with Crippen molar-refractivity contribution in [2.75, 3.05) is 31.1 Å². The minimum absolute atomic E-state index is 0. The summed E-state index contributed by atoms with van der Waals surface area (Å²) in [6.07, 6.45) is 5.70. The SMILES string of the molecule is CC1(c2ccccc2)CC(N=C(N)N2CCN(c3ncccn3)CC2)C1.I. The second-order valence-corrected chi connectivity index (χ2v) is 7.50. The lowest BCUT2D eigenvalue weighted by Gasteiger charge is -2.44. The van der Waals surface area contributed by atoms with Gasteiger partial charge in [-0.15, -0.1) is 24.0 Å². The van der Waals surface area contributed by atoms with Crippen molar-refractivity contribution in [1.82, 2.24) is 14.9 Å². The molecule has 2 fully saturated rings. The Bertz CT molecular complexity index is 753. The van der Waals surface area contributed by atoms with Crippen LogP contribution >= 0.6 is 24.0 Å². The molecule has 1 aromatic heterocycles. The number of rotatable bonds is 3. The van der Waals surface area contributed by atoms with Crippen LogP contribution in [0.2, 0.25) is 0 Å². The molecule has 0 radical (unpaired) electrons. The van der Waals surface area contributed by atoms with Gasteiger partial charge in [-0.1, -0.05) is 37.3 Å². The van der Waals surface area contributed by atoms with Gasteiger partial charge in [0.25, 0.3) is 0 Å². The van der Waals surface area contributed by atoms with E-state index in [1.54, 1.807) is 12.4 Å². The fraction of sp³-hybridized carbons (Fsp3) is 0.450. The minimum atomic E-state index is 0. The summed E-state index contributed by atoms with van der Waals surface area (Å²) in [5, 5.41) is 0. The summed E-state index contributed by atoms with van der Waals surface area (Å²) in [6, 6.07) is 12.9. The van der Waals surface area contributed by atoms with E-state index in [-0.39, 0.29) is 29.4 Å². The zero-order valence-electron chi connectivity index (χ0n) is 15.7. The van der Waals surface area contributed by atoms with Gasteiger partial charge in [0.1, 0.15) is 0 Å². The van der Waals surface area contributed by atoms with Crippen LogP contribution in [-0.2, 0) is 5.41 Å². The van der Waals surface area contributed by atoms with Gasteiger partial charge in [0.05, 0.1) is 6.04 Å². The fourth-order valence-electron chi connectivity index (χ4n) is 4.01. The normalized spacial score (nSPS) is 25.5. The van der Waals surface area contributed by atoms with Crippen LogP contribution in [0.25, 0.3) is 0 Å². The lowest BCUT2D eigenvalue weighted by atomic mass is 9.63. The zero-order chi connectivity index (χ0) is 18.0. The number of anilines is 1.